The Hall–Kier alpha value is -1.16. The molecule has 0 bridgehead atoms. The number of nitrogens with one attached hydrogen (secondary N) is 1. The number of ketones is 1. The number of likely N-dealkylation sites (N-methyl/N-ethyl adjacent to an activating group) is 1. The van der Waals surface area contributed by atoms with Crippen LogP contribution in [0.5, 0.6) is 0 Å². The molecule has 0 saturated heterocycles. The van der Waals surface area contributed by atoms with Crippen molar-refractivity contribution in [2.45, 2.75) is 18.4 Å². The molecule has 4 heteroatoms. The highest BCUT2D eigenvalue weighted by Crippen LogP contribution is 2.20. The normalized spacial score (nSPS) is 28.9. The third kappa shape index (κ3) is 1.14. The van der Waals surface area contributed by atoms with E-state index < -0.39 is 11.5 Å². The average molecular weight is 169 g/mol. The molecule has 2 N–H and O–H groups in total. The predicted molar refractivity (Wildman–Crippen MR) is 42.8 cm³/mol. The summed E-state index contributed by atoms with van der Waals surface area (Å²) in [6, 6.07) is 0. The van der Waals surface area contributed by atoms with Crippen molar-refractivity contribution in [3.63, 3.8) is 0 Å². The fourth-order valence-corrected chi connectivity index (χ4v) is 1.32. The summed E-state index contributed by atoms with van der Waals surface area (Å²) >= 11 is 0. The largest absolute Gasteiger partial charge is 0.480 e. The first-order valence-corrected chi connectivity index (χ1v) is 3.77. The second-order valence-corrected chi connectivity index (χ2v) is 2.77. The molecule has 0 saturated carbocycles. The maximum absolute atomic E-state index is 11.3. The van der Waals surface area contributed by atoms with Crippen molar-refractivity contribution in [1.82, 2.24) is 5.32 Å². The van der Waals surface area contributed by atoms with Gasteiger partial charge in [-0.2, -0.15) is 0 Å². The summed E-state index contributed by atoms with van der Waals surface area (Å²) in [5, 5.41) is 11.4. The summed E-state index contributed by atoms with van der Waals surface area (Å²) < 4.78 is 0. The first-order chi connectivity index (χ1) is 5.63. The lowest BCUT2D eigenvalue weighted by atomic mass is 9.85. The fourth-order valence-electron chi connectivity index (χ4n) is 1.32. The highest BCUT2D eigenvalue weighted by molar-refractivity contribution is 6.13. The molecule has 12 heavy (non-hydrogen) atoms. The van der Waals surface area contributed by atoms with E-state index >= 15 is 0 Å². The highest BCUT2D eigenvalue weighted by atomic mass is 16.4. The van der Waals surface area contributed by atoms with Crippen LogP contribution >= 0.6 is 0 Å². The summed E-state index contributed by atoms with van der Waals surface area (Å²) in [6.07, 6.45) is 3.97. The summed E-state index contributed by atoms with van der Waals surface area (Å²) in [5.74, 6) is -1.47. The Bertz CT molecular complexity index is 247. The summed E-state index contributed by atoms with van der Waals surface area (Å²) in [5.41, 5.74) is -1.38. The number of rotatable bonds is 2. The molecule has 0 fully saturated rings. The van der Waals surface area contributed by atoms with Crippen LogP contribution in [0.2, 0.25) is 0 Å². The van der Waals surface area contributed by atoms with Crippen LogP contribution in [0.25, 0.3) is 0 Å². The predicted octanol–water partition coefficient (Wildman–Crippen LogP) is -0.0517. The molecule has 1 unspecified atom stereocenters. The zero-order valence-electron chi connectivity index (χ0n) is 6.83. The number of carboxylic acids is 1. The van der Waals surface area contributed by atoms with Gasteiger partial charge < -0.3 is 5.11 Å². The maximum Gasteiger partial charge on any atom is 0.332 e. The van der Waals surface area contributed by atoms with Gasteiger partial charge in [0.2, 0.25) is 0 Å². The summed E-state index contributed by atoms with van der Waals surface area (Å²) in [7, 11) is 1.49. The average Bonchev–Trinajstić information content (AvgIpc) is 2.05. The van der Waals surface area contributed by atoms with Crippen molar-refractivity contribution >= 4 is 11.8 Å². The Balaban J connectivity index is 3.00. The van der Waals surface area contributed by atoms with Gasteiger partial charge in [0.1, 0.15) is 0 Å². The number of hydrogen-bond donors (Lipinski definition) is 2. The van der Waals surface area contributed by atoms with E-state index in [0.29, 0.717) is 12.8 Å². The van der Waals surface area contributed by atoms with Crippen molar-refractivity contribution in [3.8, 4) is 0 Å². The van der Waals surface area contributed by atoms with E-state index in [0.717, 1.165) is 0 Å². The molecular weight excluding hydrogens is 158 g/mol. The SMILES string of the molecule is CNC1(C(=O)O)CCC=CC1=O. The number of carboxylic acid groups (broad SMARTS) is 1. The highest BCUT2D eigenvalue weighted by Gasteiger charge is 2.43. The van der Waals surface area contributed by atoms with Crippen LogP contribution in [0.3, 0.4) is 0 Å². The number of carbonyl (C=O) groups is 2. The van der Waals surface area contributed by atoms with Crippen LogP contribution in [-0.2, 0) is 9.59 Å². The molecule has 1 rings (SSSR count). The molecule has 0 spiro atoms. The van der Waals surface area contributed by atoms with Crippen LogP contribution in [0, 0.1) is 0 Å². The Labute approximate surface area is 70.3 Å². The lowest BCUT2D eigenvalue weighted by Gasteiger charge is -2.27. The van der Waals surface area contributed by atoms with Gasteiger partial charge in [-0.05, 0) is 26.0 Å². The van der Waals surface area contributed by atoms with Gasteiger partial charge in [-0.1, -0.05) is 6.08 Å². The van der Waals surface area contributed by atoms with Gasteiger partial charge in [0.05, 0.1) is 0 Å². The molecular formula is C8H11NO3. The van der Waals surface area contributed by atoms with E-state index in [1.165, 1.54) is 13.1 Å². The zero-order valence-corrected chi connectivity index (χ0v) is 6.83. The van der Waals surface area contributed by atoms with Crippen LogP contribution < -0.4 is 5.32 Å². The lowest BCUT2D eigenvalue weighted by Crippen LogP contribution is -2.57. The van der Waals surface area contributed by atoms with E-state index in [9.17, 15) is 9.59 Å². The molecule has 0 aliphatic heterocycles. The van der Waals surface area contributed by atoms with Crippen LogP contribution in [0.15, 0.2) is 12.2 Å². The molecule has 66 valence electrons. The Morgan fingerprint density at radius 1 is 1.75 bits per heavy atom. The van der Waals surface area contributed by atoms with Crippen LogP contribution in [0.1, 0.15) is 12.8 Å². The van der Waals surface area contributed by atoms with Crippen molar-refractivity contribution in [2.75, 3.05) is 7.05 Å². The second kappa shape index (κ2) is 3.06. The van der Waals surface area contributed by atoms with E-state index in [2.05, 4.69) is 5.32 Å². The van der Waals surface area contributed by atoms with Gasteiger partial charge in [0, 0.05) is 0 Å². The molecule has 0 heterocycles. The van der Waals surface area contributed by atoms with Gasteiger partial charge >= 0.3 is 5.97 Å². The topological polar surface area (TPSA) is 66.4 Å². The molecule has 1 aliphatic carbocycles. The van der Waals surface area contributed by atoms with Crippen molar-refractivity contribution in [1.29, 1.82) is 0 Å². The molecule has 0 radical (unpaired) electrons. The number of hydrogen-bond acceptors (Lipinski definition) is 3. The van der Waals surface area contributed by atoms with Crippen molar-refractivity contribution in [3.05, 3.63) is 12.2 Å². The van der Waals surface area contributed by atoms with Crippen LogP contribution in [0.4, 0.5) is 0 Å². The van der Waals surface area contributed by atoms with Crippen molar-refractivity contribution in [2.24, 2.45) is 0 Å². The van der Waals surface area contributed by atoms with Crippen molar-refractivity contribution < 1.29 is 14.7 Å². The summed E-state index contributed by atoms with van der Waals surface area (Å²) in [6.45, 7) is 0. The smallest absolute Gasteiger partial charge is 0.332 e. The van der Waals surface area contributed by atoms with Gasteiger partial charge in [-0.25, -0.2) is 4.79 Å². The Kier molecular flexibility index (Phi) is 2.28. The van der Waals surface area contributed by atoms with E-state index in [1.54, 1.807) is 6.08 Å². The van der Waals surface area contributed by atoms with E-state index in [-0.39, 0.29) is 5.78 Å². The Morgan fingerprint density at radius 3 is 2.75 bits per heavy atom. The van der Waals surface area contributed by atoms with Gasteiger partial charge in [0.25, 0.3) is 0 Å². The van der Waals surface area contributed by atoms with Gasteiger partial charge in [-0.15, -0.1) is 0 Å². The first-order valence-electron chi connectivity index (χ1n) is 3.77. The summed E-state index contributed by atoms with van der Waals surface area (Å²) in [4.78, 5) is 22.1. The molecule has 4 nitrogen and oxygen atoms in total. The first kappa shape index (κ1) is 8.93. The Morgan fingerprint density at radius 2 is 2.42 bits per heavy atom. The van der Waals surface area contributed by atoms with Gasteiger partial charge in [-0.3, -0.25) is 10.1 Å². The van der Waals surface area contributed by atoms with Gasteiger partial charge in [0.15, 0.2) is 11.3 Å². The molecule has 0 amide bonds. The second-order valence-electron chi connectivity index (χ2n) is 2.77. The maximum atomic E-state index is 11.3. The third-order valence-electron chi connectivity index (χ3n) is 2.17. The zero-order chi connectivity index (χ0) is 9.19. The molecule has 0 aromatic rings. The standard InChI is InChI=1S/C8H11NO3/c1-9-8(7(11)12)5-3-2-4-6(8)10/h2,4,9H,3,5H2,1H3,(H,11,12). The number of aliphatic carboxylic acids is 1. The van der Waals surface area contributed by atoms with E-state index in [4.69, 9.17) is 5.11 Å². The molecule has 0 aromatic heterocycles. The minimum absolute atomic E-state index is 0.328. The van der Waals surface area contributed by atoms with E-state index in [1.807, 2.05) is 0 Å². The number of allylic oxidation sites excluding steroid dienone is 1. The third-order valence-corrected chi connectivity index (χ3v) is 2.17. The lowest BCUT2D eigenvalue weighted by molar-refractivity contribution is -0.149. The molecule has 1 aliphatic rings. The quantitative estimate of drug-likeness (QED) is 0.569. The molecule has 1 atom stereocenters. The molecule has 0 aromatic carbocycles. The minimum Gasteiger partial charge on any atom is -0.480 e. The monoisotopic (exact) mass is 169 g/mol. The van der Waals surface area contributed by atoms with Crippen LogP contribution in [-0.4, -0.2) is 29.4 Å². The fraction of sp³-hybridized carbons (Fsp3) is 0.500. The minimum atomic E-state index is -1.38. The number of carbonyl (C=O) groups excluding carboxylic acids is 1.